The fraction of sp³-hybridized carbons (Fsp3) is 0.333. The third-order valence-electron chi connectivity index (χ3n) is 4.35. The number of hydrogen-bond donors (Lipinski definition) is 1. The van der Waals surface area contributed by atoms with E-state index in [1.807, 2.05) is 0 Å². The second-order valence-corrected chi connectivity index (χ2v) is 8.44. The number of sulfonamides is 1. The highest BCUT2D eigenvalue weighted by atomic mass is 32.2. The molecule has 1 aromatic carbocycles. The van der Waals surface area contributed by atoms with E-state index in [4.69, 9.17) is 0 Å². The lowest BCUT2D eigenvalue weighted by Gasteiger charge is -2.21. The summed E-state index contributed by atoms with van der Waals surface area (Å²) in [6.45, 7) is -1.05. The molecule has 1 aromatic heterocycles. The average Bonchev–Trinajstić information content (AvgIpc) is 3.50. The molecule has 0 spiro atoms. The van der Waals surface area contributed by atoms with Gasteiger partial charge in [-0.25, -0.2) is 12.8 Å². The number of rotatable bonds is 7. The first-order valence-corrected chi connectivity index (χ1v) is 10.1. The smallest absolute Gasteiger partial charge is 0.351 e. The minimum Gasteiger partial charge on any atom is -0.351 e. The van der Waals surface area contributed by atoms with Gasteiger partial charge in [0.25, 0.3) is 0 Å². The van der Waals surface area contributed by atoms with E-state index in [0.717, 1.165) is 22.6 Å². The number of nitrogens with zero attached hydrogens (tertiary/aromatic N) is 2. The lowest BCUT2D eigenvalue weighted by atomic mass is 10.1. The largest absolute Gasteiger partial charge is 0.416 e. The van der Waals surface area contributed by atoms with Crippen LogP contribution in [0, 0.1) is 5.82 Å². The molecule has 0 bridgehead atoms. The minimum absolute atomic E-state index is 0.0717. The number of benzene rings is 1. The van der Waals surface area contributed by atoms with Crippen LogP contribution in [0.1, 0.15) is 24.0 Å². The fourth-order valence-electron chi connectivity index (χ4n) is 2.77. The number of aromatic nitrogens is 1. The zero-order valence-corrected chi connectivity index (χ0v) is 15.8. The fourth-order valence-corrected chi connectivity index (χ4v) is 4.37. The average molecular weight is 431 g/mol. The summed E-state index contributed by atoms with van der Waals surface area (Å²) in [5.41, 5.74) is -1.51. The quantitative estimate of drug-likeness (QED) is 0.684. The van der Waals surface area contributed by atoms with Crippen molar-refractivity contribution in [3.05, 3.63) is 59.7 Å². The second-order valence-electron chi connectivity index (χ2n) is 6.55. The zero-order chi connectivity index (χ0) is 21.2. The predicted molar refractivity (Wildman–Crippen MR) is 94.4 cm³/mol. The SMILES string of the molecule is O=C(CN(C1CC1)S(=O)(=O)c1cccnc1)NCc1ccc(F)cc1C(F)(F)F. The maximum absolute atomic E-state index is 13.2. The third-order valence-corrected chi connectivity index (χ3v) is 6.23. The van der Waals surface area contributed by atoms with Gasteiger partial charge in [0.2, 0.25) is 15.9 Å². The van der Waals surface area contributed by atoms with Gasteiger partial charge in [-0.05, 0) is 42.7 Å². The summed E-state index contributed by atoms with van der Waals surface area (Å²) in [6, 6.07) is 4.60. The molecule has 0 aliphatic heterocycles. The molecule has 156 valence electrons. The van der Waals surface area contributed by atoms with Crippen molar-refractivity contribution in [1.29, 1.82) is 0 Å². The number of alkyl halides is 3. The van der Waals surface area contributed by atoms with Gasteiger partial charge in [0.05, 0.1) is 12.1 Å². The van der Waals surface area contributed by atoms with Crippen LogP contribution in [0.5, 0.6) is 0 Å². The van der Waals surface area contributed by atoms with Crippen LogP contribution < -0.4 is 5.32 Å². The van der Waals surface area contributed by atoms with Crippen molar-refractivity contribution in [3.63, 3.8) is 0 Å². The van der Waals surface area contributed by atoms with Crippen molar-refractivity contribution < 1.29 is 30.8 Å². The summed E-state index contributed by atoms with van der Waals surface area (Å²) >= 11 is 0. The minimum atomic E-state index is -4.79. The summed E-state index contributed by atoms with van der Waals surface area (Å²) in [4.78, 5) is 16.0. The molecule has 0 unspecified atom stereocenters. The van der Waals surface area contributed by atoms with Crippen LogP contribution in [-0.2, 0) is 27.5 Å². The Morgan fingerprint density at radius 1 is 1.24 bits per heavy atom. The number of hydrogen-bond acceptors (Lipinski definition) is 4. The Kier molecular flexibility index (Phi) is 5.90. The van der Waals surface area contributed by atoms with Crippen molar-refractivity contribution in [1.82, 2.24) is 14.6 Å². The Morgan fingerprint density at radius 3 is 2.55 bits per heavy atom. The number of carbonyl (C=O) groups is 1. The van der Waals surface area contributed by atoms with E-state index in [2.05, 4.69) is 10.3 Å². The van der Waals surface area contributed by atoms with Gasteiger partial charge in [0.1, 0.15) is 10.7 Å². The number of pyridine rings is 1. The molecule has 1 fully saturated rings. The van der Waals surface area contributed by atoms with Gasteiger partial charge in [0.15, 0.2) is 0 Å². The van der Waals surface area contributed by atoms with Crippen LogP contribution in [0.25, 0.3) is 0 Å². The van der Waals surface area contributed by atoms with E-state index >= 15 is 0 Å². The van der Waals surface area contributed by atoms with Crippen LogP contribution >= 0.6 is 0 Å². The van der Waals surface area contributed by atoms with Gasteiger partial charge in [-0.15, -0.1) is 0 Å². The molecule has 3 rings (SSSR count). The molecular formula is C18H17F4N3O3S. The van der Waals surface area contributed by atoms with Gasteiger partial charge in [-0.2, -0.15) is 17.5 Å². The van der Waals surface area contributed by atoms with Gasteiger partial charge in [-0.3, -0.25) is 9.78 Å². The highest BCUT2D eigenvalue weighted by Crippen LogP contribution is 2.33. The first kappa shape index (κ1) is 21.2. The Bertz CT molecular complexity index is 993. The van der Waals surface area contributed by atoms with E-state index in [9.17, 15) is 30.8 Å². The first-order chi connectivity index (χ1) is 13.6. The van der Waals surface area contributed by atoms with E-state index < -0.39 is 46.6 Å². The van der Waals surface area contributed by atoms with E-state index in [-0.39, 0.29) is 16.5 Å². The zero-order valence-electron chi connectivity index (χ0n) is 15.0. The van der Waals surface area contributed by atoms with Crippen molar-refractivity contribution in [2.75, 3.05) is 6.54 Å². The van der Waals surface area contributed by atoms with E-state index in [1.54, 1.807) is 0 Å². The standard InChI is InChI=1S/C18H17F4N3O3S/c19-13-4-3-12(16(8-13)18(20,21)22)9-24-17(26)11-25(14-5-6-14)29(27,28)15-2-1-7-23-10-15/h1-4,7-8,10,14H,5-6,9,11H2,(H,24,26). The molecule has 1 aliphatic rings. The summed E-state index contributed by atoms with van der Waals surface area (Å²) in [7, 11) is -3.97. The van der Waals surface area contributed by atoms with Gasteiger partial charge in [-0.1, -0.05) is 6.07 Å². The molecule has 1 saturated carbocycles. The van der Waals surface area contributed by atoms with Crippen LogP contribution in [0.3, 0.4) is 0 Å². The molecule has 0 saturated heterocycles. The Labute approximate surface area is 164 Å². The van der Waals surface area contributed by atoms with Crippen molar-refractivity contribution in [3.8, 4) is 0 Å². The second kappa shape index (κ2) is 8.07. The lowest BCUT2D eigenvalue weighted by molar-refractivity contribution is -0.138. The Balaban J connectivity index is 1.72. The molecule has 6 nitrogen and oxygen atoms in total. The van der Waals surface area contributed by atoms with E-state index in [1.165, 1.54) is 18.3 Å². The van der Waals surface area contributed by atoms with Crippen molar-refractivity contribution in [2.24, 2.45) is 0 Å². The monoisotopic (exact) mass is 431 g/mol. The van der Waals surface area contributed by atoms with Crippen molar-refractivity contribution in [2.45, 2.75) is 36.5 Å². The van der Waals surface area contributed by atoms with Crippen LogP contribution in [0.15, 0.2) is 47.6 Å². The highest BCUT2D eigenvalue weighted by molar-refractivity contribution is 7.89. The lowest BCUT2D eigenvalue weighted by Crippen LogP contribution is -2.42. The van der Waals surface area contributed by atoms with E-state index in [0.29, 0.717) is 18.9 Å². The normalized spacial score (nSPS) is 14.8. The Morgan fingerprint density at radius 2 is 1.97 bits per heavy atom. The molecule has 1 amide bonds. The molecule has 1 aliphatic carbocycles. The topological polar surface area (TPSA) is 79.4 Å². The van der Waals surface area contributed by atoms with Crippen LogP contribution in [0.2, 0.25) is 0 Å². The molecule has 1 heterocycles. The summed E-state index contributed by atoms with van der Waals surface area (Å²) < 4.78 is 78.9. The molecule has 2 aromatic rings. The van der Waals surface area contributed by atoms with Gasteiger partial charge in [0, 0.05) is 25.0 Å². The molecule has 0 atom stereocenters. The molecular weight excluding hydrogens is 414 g/mol. The molecule has 1 N–H and O–H groups in total. The number of nitrogens with one attached hydrogen (secondary N) is 1. The number of amides is 1. The molecule has 0 radical (unpaired) electrons. The summed E-state index contributed by atoms with van der Waals surface area (Å²) in [6.07, 6.45) is -1.04. The first-order valence-electron chi connectivity index (χ1n) is 8.63. The number of halogens is 4. The predicted octanol–water partition coefficient (Wildman–Crippen LogP) is 2.71. The summed E-state index contributed by atoms with van der Waals surface area (Å²) in [5.74, 6) is -1.81. The van der Waals surface area contributed by atoms with Crippen LogP contribution in [0.4, 0.5) is 17.6 Å². The Hall–Kier alpha value is -2.53. The van der Waals surface area contributed by atoms with Gasteiger partial charge < -0.3 is 5.32 Å². The maximum Gasteiger partial charge on any atom is 0.416 e. The maximum atomic E-state index is 13.2. The summed E-state index contributed by atoms with van der Waals surface area (Å²) in [5, 5.41) is 2.28. The highest BCUT2D eigenvalue weighted by Gasteiger charge is 2.39. The van der Waals surface area contributed by atoms with Gasteiger partial charge >= 0.3 is 6.18 Å². The third kappa shape index (κ3) is 5.10. The van der Waals surface area contributed by atoms with Crippen molar-refractivity contribution >= 4 is 15.9 Å². The van der Waals surface area contributed by atoms with Crippen LogP contribution in [-0.4, -0.2) is 36.2 Å². The molecule has 29 heavy (non-hydrogen) atoms. The number of carbonyl (C=O) groups excluding carboxylic acids is 1. The molecule has 11 heteroatoms.